The van der Waals surface area contributed by atoms with Crippen LogP contribution in [0.15, 0.2) is 200 Å². The van der Waals surface area contributed by atoms with Crippen LogP contribution in [-0.4, -0.2) is 0 Å². The van der Waals surface area contributed by atoms with Crippen molar-refractivity contribution in [3.8, 4) is 33.4 Å². The lowest BCUT2D eigenvalue weighted by Gasteiger charge is -2.27. The van der Waals surface area contributed by atoms with E-state index in [1.807, 2.05) is 0 Å². The van der Waals surface area contributed by atoms with Gasteiger partial charge in [-0.1, -0.05) is 166 Å². The van der Waals surface area contributed by atoms with E-state index >= 15 is 0 Å². The topological polar surface area (TPSA) is 3.24 Å². The third-order valence-electron chi connectivity index (χ3n) is 12.2. The largest absolute Gasteiger partial charge is 0.310 e. The fraction of sp³-hybridized carbons (Fsp3) is 0.0545. The quantitative estimate of drug-likeness (QED) is 0.161. The zero-order valence-corrected chi connectivity index (χ0v) is 31.5. The number of rotatable bonds is 5. The molecule has 0 unspecified atom stereocenters. The lowest BCUT2D eigenvalue weighted by atomic mass is 9.82. The molecule has 0 saturated carbocycles. The van der Waals surface area contributed by atoms with Crippen LogP contribution in [0.3, 0.4) is 0 Å². The van der Waals surface area contributed by atoms with Crippen molar-refractivity contribution in [1.82, 2.24) is 0 Å². The summed E-state index contributed by atoms with van der Waals surface area (Å²) in [6, 6.07) is 74.0. The van der Waals surface area contributed by atoms with Crippen LogP contribution in [0.5, 0.6) is 0 Å². The Morgan fingerprint density at radius 2 is 0.804 bits per heavy atom. The van der Waals surface area contributed by atoms with Crippen LogP contribution in [0, 0.1) is 0 Å². The zero-order chi connectivity index (χ0) is 37.4. The normalized spacial score (nSPS) is 13.0. The van der Waals surface area contributed by atoms with Crippen molar-refractivity contribution in [2.45, 2.75) is 19.3 Å². The summed E-state index contributed by atoms with van der Waals surface area (Å²) in [6.07, 6.45) is 0. The molecule has 0 bridgehead atoms. The van der Waals surface area contributed by atoms with Gasteiger partial charge in [0.25, 0.3) is 0 Å². The van der Waals surface area contributed by atoms with Crippen molar-refractivity contribution >= 4 is 60.2 Å². The number of hydrogen-bond donors (Lipinski definition) is 0. The second kappa shape index (κ2) is 12.5. The summed E-state index contributed by atoms with van der Waals surface area (Å²) >= 11 is 0. The molecule has 0 spiro atoms. The van der Waals surface area contributed by atoms with Crippen molar-refractivity contribution in [3.63, 3.8) is 0 Å². The van der Waals surface area contributed by atoms with E-state index in [9.17, 15) is 0 Å². The van der Waals surface area contributed by atoms with Crippen LogP contribution in [0.25, 0.3) is 76.5 Å². The predicted octanol–water partition coefficient (Wildman–Crippen LogP) is 15.4. The first-order chi connectivity index (χ1) is 27.5. The molecule has 264 valence electrons. The van der Waals surface area contributed by atoms with Crippen LogP contribution in [0.1, 0.15) is 25.0 Å². The van der Waals surface area contributed by atoms with Crippen molar-refractivity contribution in [2.24, 2.45) is 0 Å². The van der Waals surface area contributed by atoms with E-state index in [0.717, 1.165) is 17.1 Å². The van der Waals surface area contributed by atoms with E-state index in [1.165, 1.54) is 87.6 Å². The zero-order valence-electron chi connectivity index (χ0n) is 31.5. The standard InChI is InChI=1S/C55H39N/c1-55(2)53-14-8-7-13-50(53)52-35-46(29-32-54(52)55)56(44-25-19-37(20-26-44)42-17-15-36-9-3-4-11-41(36)33-42)45-27-21-38(22-28-45)43-18-16-40-24-30-48-47-12-6-5-10-39(47)23-31-49(48)51(40)34-43/h3-35H,1-2H3. The Bertz CT molecular complexity index is 3150. The molecule has 1 heteroatoms. The van der Waals surface area contributed by atoms with Gasteiger partial charge in [0.2, 0.25) is 0 Å². The summed E-state index contributed by atoms with van der Waals surface area (Å²) in [7, 11) is 0. The molecule has 0 aliphatic heterocycles. The van der Waals surface area contributed by atoms with Gasteiger partial charge in [-0.15, -0.1) is 0 Å². The fourth-order valence-corrected chi connectivity index (χ4v) is 9.27. The van der Waals surface area contributed by atoms with Gasteiger partial charge in [-0.25, -0.2) is 0 Å². The molecule has 1 nitrogen and oxygen atoms in total. The fourth-order valence-electron chi connectivity index (χ4n) is 9.27. The van der Waals surface area contributed by atoms with E-state index in [0.29, 0.717) is 0 Å². The van der Waals surface area contributed by atoms with Gasteiger partial charge in [0.15, 0.2) is 0 Å². The Labute approximate surface area is 327 Å². The first kappa shape index (κ1) is 32.5. The molecular weight excluding hydrogens is 675 g/mol. The van der Waals surface area contributed by atoms with Crippen molar-refractivity contribution in [1.29, 1.82) is 0 Å². The maximum Gasteiger partial charge on any atom is 0.0468 e. The van der Waals surface area contributed by atoms with Gasteiger partial charge in [-0.05, 0) is 136 Å². The summed E-state index contributed by atoms with van der Waals surface area (Å²) in [4.78, 5) is 2.40. The molecule has 10 aromatic carbocycles. The number of fused-ring (bicyclic) bond motifs is 9. The Hall–Kier alpha value is -6.96. The smallest absolute Gasteiger partial charge is 0.0468 e. The molecule has 0 saturated heterocycles. The number of benzene rings is 10. The second-order valence-electron chi connectivity index (χ2n) is 15.8. The monoisotopic (exact) mass is 713 g/mol. The van der Waals surface area contributed by atoms with Crippen LogP contribution in [0.2, 0.25) is 0 Å². The van der Waals surface area contributed by atoms with E-state index in [-0.39, 0.29) is 5.41 Å². The summed E-state index contributed by atoms with van der Waals surface area (Å²) in [5.74, 6) is 0. The molecule has 0 heterocycles. The molecule has 0 atom stereocenters. The molecule has 0 amide bonds. The van der Waals surface area contributed by atoms with Crippen molar-refractivity contribution in [3.05, 3.63) is 211 Å². The highest BCUT2D eigenvalue weighted by atomic mass is 15.1. The van der Waals surface area contributed by atoms with Crippen molar-refractivity contribution < 1.29 is 0 Å². The van der Waals surface area contributed by atoms with E-state index < -0.39 is 0 Å². The van der Waals surface area contributed by atoms with Gasteiger partial charge in [-0.2, -0.15) is 0 Å². The predicted molar refractivity (Wildman–Crippen MR) is 240 cm³/mol. The van der Waals surface area contributed by atoms with Crippen LogP contribution >= 0.6 is 0 Å². The molecule has 1 aliphatic carbocycles. The first-order valence-electron chi connectivity index (χ1n) is 19.6. The Kier molecular flexibility index (Phi) is 7.28. The van der Waals surface area contributed by atoms with Crippen molar-refractivity contribution in [2.75, 3.05) is 4.90 Å². The molecule has 10 aromatic rings. The van der Waals surface area contributed by atoms with Crippen LogP contribution < -0.4 is 4.90 Å². The molecule has 0 radical (unpaired) electrons. The van der Waals surface area contributed by atoms with E-state index in [2.05, 4.69) is 219 Å². The van der Waals surface area contributed by atoms with E-state index in [1.54, 1.807) is 0 Å². The third kappa shape index (κ3) is 5.16. The van der Waals surface area contributed by atoms with Crippen LogP contribution in [-0.2, 0) is 5.41 Å². The van der Waals surface area contributed by atoms with Gasteiger partial charge in [-0.3, -0.25) is 0 Å². The lowest BCUT2D eigenvalue weighted by molar-refractivity contribution is 0.660. The lowest BCUT2D eigenvalue weighted by Crippen LogP contribution is -2.15. The molecule has 11 rings (SSSR count). The Morgan fingerprint density at radius 1 is 0.304 bits per heavy atom. The Balaban J connectivity index is 1.01. The third-order valence-corrected chi connectivity index (χ3v) is 12.2. The van der Waals surface area contributed by atoms with Gasteiger partial charge in [0.1, 0.15) is 0 Å². The number of nitrogens with zero attached hydrogens (tertiary/aromatic N) is 1. The van der Waals surface area contributed by atoms with Gasteiger partial charge >= 0.3 is 0 Å². The molecule has 0 fully saturated rings. The van der Waals surface area contributed by atoms with Crippen LogP contribution in [0.4, 0.5) is 17.1 Å². The first-order valence-corrected chi connectivity index (χ1v) is 19.6. The minimum absolute atomic E-state index is 0.0449. The SMILES string of the molecule is CC1(C)c2ccccc2-c2cc(N(c3ccc(-c4ccc5ccccc5c4)cc3)c3ccc(-c4ccc5ccc6c7ccccc7ccc6c5c4)cc3)ccc21. The molecule has 0 aromatic heterocycles. The highest BCUT2D eigenvalue weighted by Gasteiger charge is 2.35. The average Bonchev–Trinajstić information content (AvgIpc) is 3.49. The minimum atomic E-state index is -0.0449. The highest BCUT2D eigenvalue weighted by molar-refractivity contribution is 6.17. The summed E-state index contributed by atoms with van der Waals surface area (Å²) in [5.41, 5.74) is 13.6. The van der Waals surface area contributed by atoms with E-state index in [4.69, 9.17) is 0 Å². The second-order valence-corrected chi connectivity index (χ2v) is 15.8. The highest BCUT2D eigenvalue weighted by Crippen LogP contribution is 2.50. The average molecular weight is 714 g/mol. The van der Waals surface area contributed by atoms with Gasteiger partial charge in [0.05, 0.1) is 0 Å². The maximum atomic E-state index is 2.40. The molecule has 56 heavy (non-hydrogen) atoms. The molecule has 1 aliphatic rings. The number of anilines is 3. The molecule has 0 N–H and O–H groups in total. The van der Waals surface area contributed by atoms with Gasteiger partial charge < -0.3 is 4.90 Å². The summed E-state index contributed by atoms with van der Waals surface area (Å²) in [5, 5.41) is 10.2. The maximum absolute atomic E-state index is 2.40. The minimum Gasteiger partial charge on any atom is -0.310 e. The summed E-state index contributed by atoms with van der Waals surface area (Å²) < 4.78 is 0. The van der Waals surface area contributed by atoms with Gasteiger partial charge in [0, 0.05) is 22.5 Å². The Morgan fingerprint density at radius 3 is 1.54 bits per heavy atom. The molecular formula is C55H39N. The number of hydrogen-bond acceptors (Lipinski definition) is 1. The summed E-state index contributed by atoms with van der Waals surface area (Å²) in [6.45, 7) is 4.69.